The molecule has 0 aliphatic carbocycles. The summed E-state index contributed by atoms with van der Waals surface area (Å²) < 4.78 is 20.7. The second kappa shape index (κ2) is 9.17. The molecule has 4 N–H and O–H groups in total. The van der Waals surface area contributed by atoms with E-state index >= 15 is 0 Å². The molecule has 0 radical (unpaired) electrons. The van der Waals surface area contributed by atoms with Crippen molar-refractivity contribution >= 4 is 17.8 Å². The highest BCUT2D eigenvalue weighted by Crippen LogP contribution is 2.22. The lowest BCUT2D eigenvalue weighted by atomic mass is 10.1. The van der Waals surface area contributed by atoms with E-state index in [2.05, 4.69) is 20.1 Å². The smallest absolute Gasteiger partial charge is 0.409 e. The summed E-state index contributed by atoms with van der Waals surface area (Å²) in [5.41, 5.74) is 14.5. The number of carbonyl (C=O) groups is 1. The van der Waals surface area contributed by atoms with Crippen molar-refractivity contribution in [2.45, 2.75) is 18.8 Å². The molecule has 0 spiro atoms. The molecule has 1 amide bonds. The van der Waals surface area contributed by atoms with Gasteiger partial charge in [0.25, 0.3) is 0 Å². The molecule has 0 saturated heterocycles. The molecule has 2 unspecified atom stereocenters. The van der Waals surface area contributed by atoms with Crippen molar-refractivity contribution in [1.29, 1.82) is 0 Å². The van der Waals surface area contributed by atoms with Crippen molar-refractivity contribution in [3.05, 3.63) is 71.8 Å². The number of halogens is 1. The van der Waals surface area contributed by atoms with Crippen LogP contribution in [-0.4, -0.2) is 63.8 Å². The molecule has 1 aliphatic heterocycles. The molecule has 1 aliphatic rings. The van der Waals surface area contributed by atoms with Crippen molar-refractivity contribution in [3.63, 3.8) is 0 Å². The van der Waals surface area contributed by atoms with Gasteiger partial charge in [-0.1, -0.05) is 24.3 Å². The zero-order valence-corrected chi connectivity index (χ0v) is 18.1. The lowest BCUT2D eigenvalue weighted by Crippen LogP contribution is -2.57. The van der Waals surface area contributed by atoms with Crippen LogP contribution in [0.4, 0.5) is 9.18 Å². The van der Waals surface area contributed by atoms with E-state index < -0.39 is 18.3 Å². The Kier molecular flexibility index (Phi) is 6.13. The second-order valence-corrected chi connectivity index (χ2v) is 7.38. The molecule has 3 heterocycles. The number of aliphatic imine (C=N–C) groups is 2. The van der Waals surface area contributed by atoms with Gasteiger partial charge in [0.05, 0.1) is 25.0 Å². The van der Waals surface area contributed by atoms with E-state index in [4.69, 9.17) is 16.2 Å². The molecule has 33 heavy (non-hydrogen) atoms. The van der Waals surface area contributed by atoms with Crippen LogP contribution in [0.5, 0.6) is 0 Å². The predicted octanol–water partition coefficient (Wildman–Crippen LogP) is 1.60. The molecule has 2 aromatic heterocycles. The summed E-state index contributed by atoms with van der Waals surface area (Å²) in [4.78, 5) is 26.3. The molecular formula is C22H23FN8O2. The van der Waals surface area contributed by atoms with Gasteiger partial charge in [-0.2, -0.15) is 5.10 Å². The quantitative estimate of drug-likeness (QED) is 0.606. The maximum absolute atomic E-state index is 14.3. The van der Waals surface area contributed by atoms with Crippen LogP contribution in [0.3, 0.4) is 0 Å². The topological polar surface area (TPSA) is 137 Å². The number of nitrogens with two attached hydrogens (primary N) is 2. The fourth-order valence-corrected chi connectivity index (χ4v) is 3.57. The lowest BCUT2D eigenvalue weighted by molar-refractivity contribution is 0.123. The van der Waals surface area contributed by atoms with E-state index in [0.717, 1.165) is 0 Å². The number of nitrogens with zero attached hydrogens (tertiary/aromatic N) is 6. The van der Waals surface area contributed by atoms with Crippen LogP contribution in [0.2, 0.25) is 0 Å². The lowest BCUT2D eigenvalue weighted by Gasteiger charge is -2.31. The van der Waals surface area contributed by atoms with E-state index in [1.807, 2.05) is 12.1 Å². The molecule has 170 valence electrons. The molecule has 0 saturated carbocycles. The average molecular weight is 450 g/mol. The van der Waals surface area contributed by atoms with E-state index in [0.29, 0.717) is 22.6 Å². The largest absolute Gasteiger partial charge is 0.453 e. The highest BCUT2D eigenvalue weighted by Gasteiger charge is 2.34. The van der Waals surface area contributed by atoms with Crippen LogP contribution >= 0.6 is 0 Å². The normalized spacial score (nSPS) is 17.8. The standard InChI is InChI=1S/C22H23FN8O2/c1-30(22(32)33-2)18-19(24)27-21(28-20(18)25)16-11-17(15-9-5-6-10-26-15)31(29-16)12-13-7-3-4-8-14(13)23/h3-11,18-19H,12,24H2,1-2H3,(H2,25,27,28). The number of methoxy groups -OCH3 is 1. The molecule has 1 aromatic carbocycles. The molecule has 10 nitrogen and oxygen atoms in total. The Morgan fingerprint density at radius 3 is 2.64 bits per heavy atom. The first-order valence-corrected chi connectivity index (χ1v) is 10.1. The van der Waals surface area contributed by atoms with Gasteiger partial charge < -0.3 is 16.2 Å². The van der Waals surface area contributed by atoms with Crippen molar-refractivity contribution in [3.8, 4) is 11.4 Å². The number of pyridine rings is 1. The van der Waals surface area contributed by atoms with E-state index in [-0.39, 0.29) is 24.0 Å². The van der Waals surface area contributed by atoms with Crippen molar-refractivity contribution in [2.24, 2.45) is 21.5 Å². The van der Waals surface area contributed by atoms with E-state index in [1.165, 1.54) is 25.1 Å². The van der Waals surface area contributed by atoms with Crippen LogP contribution in [-0.2, 0) is 11.3 Å². The van der Waals surface area contributed by atoms with Crippen molar-refractivity contribution in [2.75, 3.05) is 14.2 Å². The van der Waals surface area contributed by atoms with Gasteiger partial charge in [-0.05, 0) is 24.3 Å². The van der Waals surface area contributed by atoms with Gasteiger partial charge in [-0.25, -0.2) is 19.2 Å². The third-order valence-corrected chi connectivity index (χ3v) is 5.23. The number of likely N-dealkylation sites (N-methyl/N-ethyl adjacent to an activating group) is 1. The number of amidine groups is 2. The first-order valence-electron chi connectivity index (χ1n) is 10.1. The number of hydrogen-bond acceptors (Lipinski definition) is 8. The fourth-order valence-electron chi connectivity index (χ4n) is 3.57. The number of amides is 1. The Labute approximate surface area is 189 Å². The SMILES string of the molecule is COC(=O)N(C)C1C(N)=NC(c2cc(-c3ccccn3)n(Cc3ccccc3F)n2)=NC1N. The van der Waals surface area contributed by atoms with Gasteiger partial charge in [0, 0.05) is 18.8 Å². The van der Waals surface area contributed by atoms with Crippen molar-refractivity contribution in [1.82, 2.24) is 19.7 Å². The highest BCUT2D eigenvalue weighted by atomic mass is 19.1. The van der Waals surface area contributed by atoms with E-state index in [9.17, 15) is 9.18 Å². The number of hydrogen-bond donors (Lipinski definition) is 2. The number of ether oxygens (including phenoxy) is 1. The van der Waals surface area contributed by atoms with Crippen LogP contribution in [0.1, 0.15) is 11.3 Å². The van der Waals surface area contributed by atoms with Crippen LogP contribution in [0, 0.1) is 5.82 Å². The molecule has 0 bridgehead atoms. The number of rotatable bonds is 5. The summed E-state index contributed by atoms with van der Waals surface area (Å²) in [6, 6.07) is 12.9. The van der Waals surface area contributed by atoms with Gasteiger partial charge in [0.2, 0.25) is 0 Å². The molecule has 2 atom stereocenters. The van der Waals surface area contributed by atoms with Gasteiger partial charge in [0.1, 0.15) is 29.6 Å². The Balaban J connectivity index is 1.72. The van der Waals surface area contributed by atoms with Gasteiger partial charge in [-0.3, -0.25) is 14.6 Å². The minimum absolute atomic E-state index is 0.100. The minimum atomic E-state index is -0.878. The summed E-state index contributed by atoms with van der Waals surface area (Å²) in [7, 11) is 2.76. The molecule has 0 fully saturated rings. The first kappa shape index (κ1) is 22.1. The Morgan fingerprint density at radius 1 is 1.21 bits per heavy atom. The number of aromatic nitrogens is 3. The summed E-state index contributed by atoms with van der Waals surface area (Å²) in [6.07, 6.45) is 0.169. The summed E-state index contributed by atoms with van der Waals surface area (Å²) in [5.74, 6) is -0.0306. The molecule has 11 heteroatoms. The molecular weight excluding hydrogens is 427 g/mol. The fraction of sp³-hybridized carbons (Fsp3) is 0.227. The Morgan fingerprint density at radius 2 is 1.97 bits per heavy atom. The predicted molar refractivity (Wildman–Crippen MR) is 121 cm³/mol. The van der Waals surface area contributed by atoms with Crippen molar-refractivity contribution < 1.29 is 13.9 Å². The van der Waals surface area contributed by atoms with Crippen LogP contribution in [0.15, 0.2) is 64.7 Å². The Bertz CT molecular complexity index is 1220. The second-order valence-electron chi connectivity index (χ2n) is 7.38. The third-order valence-electron chi connectivity index (χ3n) is 5.23. The number of benzene rings is 1. The molecule has 3 aromatic rings. The van der Waals surface area contributed by atoms with Crippen LogP contribution in [0.25, 0.3) is 11.4 Å². The van der Waals surface area contributed by atoms with Gasteiger partial charge in [-0.15, -0.1) is 0 Å². The number of carbonyl (C=O) groups excluding carboxylic acids is 1. The first-order chi connectivity index (χ1) is 15.9. The molecule has 4 rings (SSSR count). The summed E-state index contributed by atoms with van der Waals surface area (Å²) in [5, 5.41) is 4.59. The maximum atomic E-state index is 14.3. The van der Waals surface area contributed by atoms with Gasteiger partial charge in [0.15, 0.2) is 5.84 Å². The monoisotopic (exact) mass is 450 g/mol. The zero-order valence-electron chi connectivity index (χ0n) is 18.1. The third kappa shape index (κ3) is 4.44. The zero-order chi connectivity index (χ0) is 23.5. The van der Waals surface area contributed by atoms with Crippen LogP contribution < -0.4 is 11.5 Å². The highest BCUT2D eigenvalue weighted by molar-refractivity contribution is 6.09. The summed E-state index contributed by atoms with van der Waals surface area (Å²) in [6.45, 7) is 0.171. The maximum Gasteiger partial charge on any atom is 0.409 e. The van der Waals surface area contributed by atoms with E-state index in [1.54, 1.807) is 41.2 Å². The summed E-state index contributed by atoms with van der Waals surface area (Å²) >= 11 is 0. The minimum Gasteiger partial charge on any atom is -0.453 e. The average Bonchev–Trinajstić information content (AvgIpc) is 3.24. The Hall–Kier alpha value is -4.12. The van der Waals surface area contributed by atoms with Gasteiger partial charge >= 0.3 is 6.09 Å².